The number of rotatable bonds is 6. The molecule has 0 fully saturated rings. The van der Waals surface area contributed by atoms with Crippen LogP contribution >= 0.6 is 11.3 Å². The third-order valence-corrected chi connectivity index (χ3v) is 6.20. The fourth-order valence-corrected chi connectivity index (χ4v) is 4.27. The molecule has 5 aromatic rings. The maximum atomic E-state index is 12.3. The first-order valence-electron chi connectivity index (χ1n) is 10.4. The lowest BCUT2D eigenvalue weighted by atomic mass is 10.0. The summed E-state index contributed by atoms with van der Waals surface area (Å²) in [5.74, 6) is 0. The van der Waals surface area contributed by atoms with E-state index in [4.69, 9.17) is 4.74 Å². The molecule has 0 radical (unpaired) electrons. The van der Waals surface area contributed by atoms with Crippen molar-refractivity contribution in [3.05, 3.63) is 99.8 Å². The van der Waals surface area contributed by atoms with Gasteiger partial charge in [-0.05, 0) is 40.1 Å². The van der Waals surface area contributed by atoms with Crippen molar-refractivity contribution < 1.29 is 4.74 Å². The van der Waals surface area contributed by atoms with Gasteiger partial charge in [-0.1, -0.05) is 78.1 Å². The number of hydrogen-bond acceptors (Lipinski definition) is 6. The first-order chi connectivity index (χ1) is 16.1. The van der Waals surface area contributed by atoms with Crippen LogP contribution < -0.4 is 10.4 Å². The molecule has 0 amide bonds. The van der Waals surface area contributed by atoms with E-state index in [1.807, 2.05) is 48.7 Å². The number of tetrazole rings is 1. The van der Waals surface area contributed by atoms with E-state index in [1.165, 1.54) is 26.3 Å². The van der Waals surface area contributed by atoms with Gasteiger partial charge in [0.15, 0.2) is 0 Å². The first-order valence-corrected chi connectivity index (χ1v) is 11.3. The summed E-state index contributed by atoms with van der Waals surface area (Å²) in [7, 11) is 1.57. The number of aryl methyl sites for hydroxylation is 2. The summed E-state index contributed by atoms with van der Waals surface area (Å²) < 4.78 is 8.50. The van der Waals surface area contributed by atoms with Crippen molar-refractivity contribution in [2.24, 2.45) is 7.05 Å². The zero-order valence-electron chi connectivity index (χ0n) is 18.2. The van der Waals surface area contributed by atoms with E-state index in [1.54, 1.807) is 7.05 Å². The molecule has 7 nitrogen and oxygen atoms in total. The second-order valence-electron chi connectivity index (χ2n) is 7.60. The largest absolute Gasteiger partial charge is 0.465 e. The van der Waals surface area contributed by atoms with E-state index in [0.29, 0.717) is 10.9 Å². The molecule has 0 atom stereocenters. The summed E-state index contributed by atoms with van der Waals surface area (Å²) >= 11 is 1.45. The molecule has 0 bridgehead atoms. The van der Waals surface area contributed by atoms with Gasteiger partial charge in [0, 0.05) is 23.6 Å². The van der Waals surface area contributed by atoms with Crippen molar-refractivity contribution >= 4 is 11.3 Å². The number of hydrogen-bond donors (Lipinski definition) is 0. The minimum atomic E-state index is -0.308. The topological polar surface area (TPSA) is 74.8 Å². The number of benzene rings is 3. The molecule has 33 heavy (non-hydrogen) atoms. The van der Waals surface area contributed by atoms with Crippen LogP contribution in [0.25, 0.3) is 28.1 Å². The van der Waals surface area contributed by atoms with Crippen LogP contribution in [0.5, 0.6) is 5.19 Å². The molecule has 0 unspecified atom stereocenters. The molecule has 3 aromatic carbocycles. The van der Waals surface area contributed by atoms with E-state index in [9.17, 15) is 4.79 Å². The number of aromatic nitrogens is 5. The molecule has 2 aromatic heterocycles. The molecule has 2 heterocycles. The van der Waals surface area contributed by atoms with Gasteiger partial charge in [-0.25, -0.2) is 9.78 Å². The molecule has 5 rings (SSSR count). The zero-order chi connectivity index (χ0) is 22.8. The summed E-state index contributed by atoms with van der Waals surface area (Å²) in [6, 6.07) is 24.3. The first kappa shape index (κ1) is 20.8. The predicted octanol–water partition coefficient (Wildman–Crippen LogP) is 4.64. The van der Waals surface area contributed by atoms with Gasteiger partial charge in [0.25, 0.3) is 5.19 Å². The molecule has 0 aliphatic heterocycles. The zero-order valence-corrected chi connectivity index (χ0v) is 19.0. The molecule has 8 heteroatoms. The third-order valence-electron chi connectivity index (χ3n) is 5.45. The van der Waals surface area contributed by atoms with Crippen LogP contribution in [0.1, 0.15) is 11.1 Å². The van der Waals surface area contributed by atoms with Gasteiger partial charge < -0.3 is 4.74 Å². The van der Waals surface area contributed by atoms with Gasteiger partial charge in [-0.3, -0.25) is 0 Å². The summed E-state index contributed by atoms with van der Waals surface area (Å²) in [4.78, 5) is 17.0. The maximum Gasteiger partial charge on any atom is 0.368 e. The van der Waals surface area contributed by atoms with Crippen molar-refractivity contribution in [3.8, 4) is 33.3 Å². The molecule has 0 aliphatic rings. The Morgan fingerprint density at radius 3 is 2.33 bits per heavy atom. The third kappa shape index (κ3) is 4.20. The van der Waals surface area contributed by atoms with E-state index >= 15 is 0 Å². The van der Waals surface area contributed by atoms with Crippen LogP contribution in [0.4, 0.5) is 0 Å². The number of ether oxygens (including phenoxy) is 1. The fourth-order valence-electron chi connectivity index (χ4n) is 3.59. The molecule has 164 valence electrons. The van der Waals surface area contributed by atoms with Gasteiger partial charge in [0.05, 0.1) is 11.4 Å². The smallest absolute Gasteiger partial charge is 0.368 e. The van der Waals surface area contributed by atoms with Crippen molar-refractivity contribution in [1.82, 2.24) is 24.8 Å². The Morgan fingerprint density at radius 2 is 1.61 bits per heavy atom. The maximum absolute atomic E-state index is 12.3. The number of nitrogens with zero attached hydrogens (tertiary/aromatic N) is 5. The normalized spacial score (nSPS) is 11.0. The fraction of sp³-hybridized carbons (Fsp3) is 0.120. The highest BCUT2D eigenvalue weighted by Gasteiger charge is 2.14. The van der Waals surface area contributed by atoms with Gasteiger partial charge in [0.2, 0.25) is 0 Å². The number of thiazole rings is 1. The summed E-state index contributed by atoms with van der Waals surface area (Å²) in [5.41, 5.74) is 6.45. The van der Waals surface area contributed by atoms with Crippen LogP contribution in [0, 0.1) is 6.92 Å². The van der Waals surface area contributed by atoms with Crippen molar-refractivity contribution in [1.29, 1.82) is 0 Å². The minimum absolute atomic E-state index is 0.269. The van der Waals surface area contributed by atoms with Gasteiger partial charge in [-0.2, -0.15) is 9.36 Å². The highest BCUT2D eigenvalue weighted by molar-refractivity contribution is 7.11. The van der Waals surface area contributed by atoms with E-state index in [-0.39, 0.29) is 12.3 Å². The standard InChI is InChI=1S/C25H21N5O2S/c1-17-7-6-10-23(30-25(31)29(2)27-28-30)21(17)15-32-24-26-22(16-33-24)20-13-11-19(12-14-20)18-8-4-3-5-9-18/h3-14,16H,15H2,1-2H3. The second-order valence-corrected chi connectivity index (χ2v) is 8.42. The Kier molecular flexibility index (Phi) is 5.58. The monoisotopic (exact) mass is 455 g/mol. The SMILES string of the molecule is Cc1cccc(-n2nnn(C)c2=O)c1COc1nc(-c2ccc(-c3ccccc3)cc2)cs1. The lowest BCUT2D eigenvalue weighted by Gasteiger charge is -2.11. The molecule has 0 spiro atoms. The van der Waals surface area contributed by atoms with E-state index in [0.717, 1.165) is 27.9 Å². The average molecular weight is 456 g/mol. The predicted molar refractivity (Wildman–Crippen MR) is 129 cm³/mol. The van der Waals surface area contributed by atoms with Crippen LogP contribution in [0.2, 0.25) is 0 Å². The molecule has 0 N–H and O–H groups in total. The van der Waals surface area contributed by atoms with Gasteiger partial charge in [-0.15, -0.1) is 0 Å². The van der Waals surface area contributed by atoms with E-state index in [2.05, 4.69) is 51.8 Å². The Bertz CT molecular complexity index is 1450. The van der Waals surface area contributed by atoms with Crippen LogP contribution in [0.15, 0.2) is 83.0 Å². The van der Waals surface area contributed by atoms with Crippen molar-refractivity contribution in [3.63, 3.8) is 0 Å². The Balaban J connectivity index is 1.35. The van der Waals surface area contributed by atoms with Crippen LogP contribution in [-0.2, 0) is 13.7 Å². The Morgan fingerprint density at radius 1 is 0.879 bits per heavy atom. The Labute approximate surface area is 194 Å². The lowest BCUT2D eigenvalue weighted by Crippen LogP contribution is -2.23. The Hall–Kier alpha value is -4.04. The summed E-state index contributed by atoms with van der Waals surface area (Å²) in [6.45, 7) is 2.25. The summed E-state index contributed by atoms with van der Waals surface area (Å²) in [5, 5.41) is 10.3. The lowest BCUT2D eigenvalue weighted by molar-refractivity contribution is 0.303. The van der Waals surface area contributed by atoms with Crippen molar-refractivity contribution in [2.45, 2.75) is 13.5 Å². The molecule has 0 saturated heterocycles. The van der Waals surface area contributed by atoms with E-state index < -0.39 is 0 Å². The molecule has 0 saturated carbocycles. The molecular formula is C25H21N5O2S. The average Bonchev–Trinajstić information content (AvgIpc) is 3.46. The van der Waals surface area contributed by atoms with Gasteiger partial charge in [0.1, 0.15) is 6.61 Å². The van der Waals surface area contributed by atoms with Crippen LogP contribution in [-0.4, -0.2) is 24.8 Å². The summed E-state index contributed by atoms with van der Waals surface area (Å²) in [6.07, 6.45) is 0. The van der Waals surface area contributed by atoms with Crippen LogP contribution in [0.3, 0.4) is 0 Å². The second kappa shape index (κ2) is 8.84. The molecular weight excluding hydrogens is 434 g/mol. The highest BCUT2D eigenvalue weighted by atomic mass is 32.1. The molecule has 0 aliphatic carbocycles. The van der Waals surface area contributed by atoms with Crippen molar-refractivity contribution in [2.75, 3.05) is 0 Å². The highest BCUT2D eigenvalue weighted by Crippen LogP contribution is 2.29. The quantitative estimate of drug-likeness (QED) is 0.373. The van der Waals surface area contributed by atoms with Gasteiger partial charge >= 0.3 is 5.69 Å². The minimum Gasteiger partial charge on any atom is -0.465 e.